The predicted octanol–water partition coefficient (Wildman–Crippen LogP) is 0.927. The maximum Gasteiger partial charge on any atom is 0.318 e. The molecule has 3 amide bonds. The molecular formula is C14H17N5O2. The fraction of sp³-hybridized carbons (Fsp3) is 0.214. The fourth-order valence-electron chi connectivity index (χ4n) is 1.89. The number of urea groups is 1. The molecular weight excluding hydrogens is 270 g/mol. The van der Waals surface area contributed by atoms with Gasteiger partial charge in [-0.25, -0.2) is 4.79 Å². The second kappa shape index (κ2) is 6.56. The molecule has 0 unspecified atom stereocenters. The molecule has 7 nitrogen and oxygen atoms in total. The molecule has 21 heavy (non-hydrogen) atoms. The Morgan fingerprint density at radius 3 is 2.86 bits per heavy atom. The number of nitrogens with one attached hydrogen (secondary N) is 2. The van der Waals surface area contributed by atoms with Crippen LogP contribution in [0.4, 0.5) is 10.5 Å². The van der Waals surface area contributed by atoms with Crippen LogP contribution in [-0.4, -0.2) is 27.8 Å². The molecule has 0 aliphatic carbocycles. The van der Waals surface area contributed by atoms with E-state index in [1.54, 1.807) is 13.1 Å². The van der Waals surface area contributed by atoms with Crippen molar-refractivity contribution in [2.75, 3.05) is 5.32 Å². The molecule has 0 saturated carbocycles. The molecule has 2 aromatic rings. The summed E-state index contributed by atoms with van der Waals surface area (Å²) in [5.41, 5.74) is 6.75. The molecule has 110 valence electrons. The summed E-state index contributed by atoms with van der Waals surface area (Å²) in [6, 6.07) is 8.06. The van der Waals surface area contributed by atoms with Gasteiger partial charge in [0, 0.05) is 18.1 Å². The van der Waals surface area contributed by atoms with E-state index >= 15 is 0 Å². The van der Waals surface area contributed by atoms with Crippen LogP contribution >= 0.6 is 0 Å². The number of rotatable bonds is 5. The average Bonchev–Trinajstić information content (AvgIpc) is 2.91. The summed E-state index contributed by atoms with van der Waals surface area (Å²) in [6.45, 7) is 2.29. The molecule has 0 spiro atoms. The van der Waals surface area contributed by atoms with E-state index in [9.17, 15) is 9.59 Å². The third-order valence-electron chi connectivity index (χ3n) is 2.85. The van der Waals surface area contributed by atoms with Gasteiger partial charge in [-0.3, -0.25) is 14.8 Å². The van der Waals surface area contributed by atoms with Crippen LogP contribution in [0.1, 0.15) is 12.5 Å². The zero-order valence-corrected chi connectivity index (χ0v) is 11.6. The van der Waals surface area contributed by atoms with Crippen molar-refractivity contribution in [2.24, 2.45) is 5.73 Å². The number of benzene rings is 1. The van der Waals surface area contributed by atoms with Gasteiger partial charge in [-0.15, -0.1) is 0 Å². The SMILES string of the molecule is C[C@@H](Nc1cccc(Cn2cccn2)c1)C(=O)NC(N)=O. The Morgan fingerprint density at radius 1 is 1.38 bits per heavy atom. The Bertz CT molecular complexity index is 624. The van der Waals surface area contributed by atoms with Crippen molar-refractivity contribution in [3.63, 3.8) is 0 Å². The van der Waals surface area contributed by atoms with Crippen molar-refractivity contribution >= 4 is 17.6 Å². The van der Waals surface area contributed by atoms with E-state index in [-0.39, 0.29) is 0 Å². The monoisotopic (exact) mass is 287 g/mol. The van der Waals surface area contributed by atoms with Crippen LogP contribution in [0.15, 0.2) is 42.7 Å². The molecule has 0 bridgehead atoms. The van der Waals surface area contributed by atoms with Gasteiger partial charge in [0.05, 0.1) is 6.54 Å². The summed E-state index contributed by atoms with van der Waals surface area (Å²) in [7, 11) is 0. The first-order valence-electron chi connectivity index (χ1n) is 6.48. The second-order valence-corrected chi connectivity index (χ2v) is 4.62. The summed E-state index contributed by atoms with van der Waals surface area (Å²) in [4.78, 5) is 22.3. The van der Waals surface area contributed by atoms with Crippen molar-refractivity contribution in [3.05, 3.63) is 48.3 Å². The number of hydrogen-bond donors (Lipinski definition) is 3. The van der Waals surface area contributed by atoms with E-state index in [2.05, 4.69) is 10.4 Å². The molecule has 0 aliphatic rings. The highest BCUT2D eigenvalue weighted by molar-refractivity contribution is 5.97. The Morgan fingerprint density at radius 2 is 2.19 bits per heavy atom. The third-order valence-corrected chi connectivity index (χ3v) is 2.85. The molecule has 7 heteroatoms. The minimum Gasteiger partial charge on any atom is -0.374 e. The molecule has 0 saturated heterocycles. The number of amides is 3. The van der Waals surface area contributed by atoms with Gasteiger partial charge in [0.2, 0.25) is 5.91 Å². The first-order chi connectivity index (χ1) is 10.0. The minimum absolute atomic E-state index is 0.472. The van der Waals surface area contributed by atoms with Crippen LogP contribution in [0, 0.1) is 0 Å². The lowest BCUT2D eigenvalue weighted by atomic mass is 10.2. The van der Waals surface area contributed by atoms with Crippen molar-refractivity contribution in [1.29, 1.82) is 0 Å². The molecule has 0 radical (unpaired) electrons. The lowest BCUT2D eigenvalue weighted by molar-refractivity contribution is -0.120. The molecule has 4 N–H and O–H groups in total. The second-order valence-electron chi connectivity index (χ2n) is 4.62. The number of nitrogens with zero attached hydrogens (tertiary/aromatic N) is 2. The zero-order valence-electron chi connectivity index (χ0n) is 11.6. The van der Waals surface area contributed by atoms with Gasteiger partial charge in [0.15, 0.2) is 0 Å². The maximum absolute atomic E-state index is 11.6. The van der Waals surface area contributed by atoms with E-state index in [1.165, 1.54) is 0 Å². The molecule has 1 atom stereocenters. The number of imide groups is 1. The van der Waals surface area contributed by atoms with Crippen molar-refractivity contribution in [3.8, 4) is 0 Å². The average molecular weight is 287 g/mol. The maximum atomic E-state index is 11.6. The van der Waals surface area contributed by atoms with Crippen molar-refractivity contribution in [2.45, 2.75) is 19.5 Å². The third kappa shape index (κ3) is 4.34. The number of anilines is 1. The molecule has 2 rings (SSSR count). The number of aromatic nitrogens is 2. The first-order valence-corrected chi connectivity index (χ1v) is 6.48. The Hall–Kier alpha value is -2.83. The van der Waals surface area contributed by atoms with Gasteiger partial charge in [-0.1, -0.05) is 12.1 Å². The van der Waals surface area contributed by atoms with Gasteiger partial charge in [0.1, 0.15) is 6.04 Å². The minimum atomic E-state index is -0.860. The summed E-state index contributed by atoms with van der Waals surface area (Å²) >= 11 is 0. The topological polar surface area (TPSA) is 102 Å². The molecule has 1 aromatic heterocycles. The van der Waals surface area contributed by atoms with Gasteiger partial charge >= 0.3 is 6.03 Å². The van der Waals surface area contributed by atoms with E-state index in [1.807, 2.05) is 46.5 Å². The number of nitrogens with two attached hydrogens (primary N) is 1. The van der Waals surface area contributed by atoms with E-state index in [0.717, 1.165) is 11.3 Å². The number of hydrogen-bond acceptors (Lipinski definition) is 4. The fourth-order valence-corrected chi connectivity index (χ4v) is 1.89. The van der Waals surface area contributed by atoms with E-state index in [4.69, 9.17) is 5.73 Å². The zero-order chi connectivity index (χ0) is 15.2. The van der Waals surface area contributed by atoms with Gasteiger partial charge in [0.25, 0.3) is 0 Å². The molecule has 0 fully saturated rings. The standard InChI is InChI=1S/C14H17N5O2/c1-10(13(20)18-14(15)21)17-12-5-2-4-11(8-12)9-19-7-3-6-16-19/h2-8,10,17H,9H2,1H3,(H3,15,18,20,21)/t10-/m1/s1. The number of carbonyl (C=O) groups excluding carboxylic acids is 2. The van der Waals surface area contributed by atoms with Gasteiger partial charge in [-0.05, 0) is 30.7 Å². The smallest absolute Gasteiger partial charge is 0.318 e. The summed E-state index contributed by atoms with van der Waals surface area (Å²) in [5.74, 6) is -0.472. The first kappa shape index (κ1) is 14.6. The number of carbonyl (C=O) groups is 2. The van der Waals surface area contributed by atoms with Crippen LogP contribution < -0.4 is 16.4 Å². The Labute approximate surface area is 122 Å². The highest BCUT2D eigenvalue weighted by atomic mass is 16.2. The van der Waals surface area contributed by atoms with Crippen LogP contribution in [0.3, 0.4) is 0 Å². The molecule has 0 aliphatic heterocycles. The highest BCUT2D eigenvalue weighted by Crippen LogP contribution is 2.13. The Balaban J connectivity index is 2.00. The lowest BCUT2D eigenvalue weighted by Crippen LogP contribution is -2.43. The highest BCUT2D eigenvalue weighted by Gasteiger charge is 2.14. The van der Waals surface area contributed by atoms with E-state index < -0.39 is 18.0 Å². The van der Waals surface area contributed by atoms with Gasteiger partial charge < -0.3 is 11.1 Å². The number of primary amides is 1. The molecule has 1 heterocycles. The quantitative estimate of drug-likeness (QED) is 0.761. The Kier molecular flexibility index (Phi) is 4.55. The molecule has 1 aromatic carbocycles. The normalized spacial score (nSPS) is 11.7. The van der Waals surface area contributed by atoms with Crippen molar-refractivity contribution in [1.82, 2.24) is 15.1 Å². The van der Waals surface area contributed by atoms with Gasteiger partial charge in [-0.2, -0.15) is 5.10 Å². The van der Waals surface area contributed by atoms with Crippen LogP contribution in [0.5, 0.6) is 0 Å². The van der Waals surface area contributed by atoms with Crippen LogP contribution in [0.25, 0.3) is 0 Å². The summed E-state index contributed by atoms with van der Waals surface area (Å²) < 4.78 is 1.81. The lowest BCUT2D eigenvalue weighted by Gasteiger charge is -2.14. The van der Waals surface area contributed by atoms with Crippen LogP contribution in [-0.2, 0) is 11.3 Å². The summed E-state index contributed by atoms with van der Waals surface area (Å²) in [5, 5.41) is 9.20. The summed E-state index contributed by atoms with van der Waals surface area (Å²) in [6.07, 6.45) is 3.60. The van der Waals surface area contributed by atoms with Crippen molar-refractivity contribution < 1.29 is 9.59 Å². The predicted molar refractivity (Wildman–Crippen MR) is 78.6 cm³/mol. The largest absolute Gasteiger partial charge is 0.374 e. The van der Waals surface area contributed by atoms with E-state index in [0.29, 0.717) is 6.54 Å². The van der Waals surface area contributed by atoms with Crippen LogP contribution in [0.2, 0.25) is 0 Å².